The minimum absolute atomic E-state index is 0.00633. The Morgan fingerprint density at radius 3 is 2.70 bits per heavy atom. The number of alkyl halides is 1. The molecule has 0 radical (unpaired) electrons. The van der Waals surface area contributed by atoms with Crippen molar-refractivity contribution in [2.75, 3.05) is 0 Å². The lowest BCUT2D eigenvalue weighted by atomic mass is 10.4. The van der Waals surface area contributed by atoms with Crippen molar-refractivity contribution in [1.29, 1.82) is 0 Å². The van der Waals surface area contributed by atoms with Crippen molar-refractivity contribution in [1.82, 2.24) is 0 Å². The Kier molecular flexibility index (Phi) is 4.95. The van der Waals surface area contributed by atoms with Crippen LogP contribution in [0, 0.1) is 0 Å². The van der Waals surface area contributed by atoms with Crippen molar-refractivity contribution in [3.8, 4) is 0 Å². The molecule has 0 spiro atoms. The number of hydrogen-bond donors (Lipinski definition) is 0. The lowest BCUT2D eigenvalue weighted by Gasteiger charge is -1.90. The second kappa shape index (κ2) is 5.24. The third kappa shape index (κ3) is 5.57. The molecule has 0 saturated carbocycles. The molecule has 0 fully saturated rings. The van der Waals surface area contributed by atoms with Crippen LogP contribution in [-0.2, 0) is 0 Å². The predicted octanol–water partition coefficient (Wildman–Crippen LogP) is 2.77. The molecule has 0 amide bonds. The van der Waals surface area contributed by atoms with Crippen LogP contribution in [0.15, 0.2) is 29.4 Å². The van der Waals surface area contributed by atoms with Crippen LogP contribution in [0.2, 0.25) is 0 Å². The van der Waals surface area contributed by atoms with Gasteiger partial charge >= 0.3 is 0 Å². The van der Waals surface area contributed by atoms with Gasteiger partial charge in [-0.2, -0.15) is 0 Å². The largest absolute Gasteiger partial charge is 0.264 e. The van der Waals surface area contributed by atoms with Crippen LogP contribution < -0.4 is 0 Å². The van der Waals surface area contributed by atoms with Crippen LogP contribution in [0.5, 0.6) is 0 Å². The quantitative estimate of drug-likeness (QED) is 0.340. The first-order chi connectivity index (χ1) is 4.66. The number of aliphatic imine (C=N–C) groups is 1. The van der Waals surface area contributed by atoms with E-state index in [4.69, 9.17) is 11.6 Å². The summed E-state index contributed by atoms with van der Waals surface area (Å²) in [5, 5.41) is -0.00633. The fourth-order valence-corrected chi connectivity index (χ4v) is 0.490. The first-order valence-electron chi connectivity index (χ1n) is 3.14. The predicted molar refractivity (Wildman–Crippen MR) is 47.8 cm³/mol. The highest BCUT2D eigenvalue weighted by molar-refractivity contribution is 6.27. The van der Waals surface area contributed by atoms with Crippen molar-refractivity contribution >= 4 is 17.8 Å². The minimum Gasteiger partial charge on any atom is -0.264 e. The Labute approximate surface area is 67.1 Å². The maximum atomic E-state index is 5.62. The molecule has 0 aromatic heterocycles. The molecular formula is C8H12ClN. The average molecular weight is 158 g/mol. The van der Waals surface area contributed by atoms with Crippen molar-refractivity contribution < 1.29 is 0 Å². The van der Waals surface area contributed by atoms with Gasteiger partial charge < -0.3 is 0 Å². The molecule has 0 aliphatic rings. The van der Waals surface area contributed by atoms with E-state index in [9.17, 15) is 0 Å². The first kappa shape index (κ1) is 9.44. The molecule has 0 saturated heterocycles. The van der Waals surface area contributed by atoms with Crippen molar-refractivity contribution in [2.45, 2.75) is 19.2 Å². The molecule has 0 aromatic rings. The maximum Gasteiger partial charge on any atom is 0.0660 e. The summed E-state index contributed by atoms with van der Waals surface area (Å²) >= 11 is 5.62. The number of nitrogens with zero attached hydrogens (tertiary/aromatic N) is 1. The Bertz CT molecular complexity index is 157. The molecule has 0 rings (SSSR count). The molecule has 0 aliphatic heterocycles. The first-order valence-corrected chi connectivity index (χ1v) is 3.58. The van der Waals surface area contributed by atoms with E-state index < -0.39 is 0 Å². The van der Waals surface area contributed by atoms with E-state index in [1.54, 1.807) is 12.3 Å². The van der Waals surface area contributed by atoms with Crippen LogP contribution in [0.3, 0.4) is 0 Å². The molecule has 56 valence electrons. The SMILES string of the molecule is C=C/C=C(/C)N=CC(C)Cl. The van der Waals surface area contributed by atoms with E-state index in [1.807, 2.05) is 19.9 Å². The summed E-state index contributed by atoms with van der Waals surface area (Å²) in [5.41, 5.74) is 0.919. The van der Waals surface area contributed by atoms with E-state index in [0.29, 0.717) is 0 Å². The number of halogens is 1. The summed E-state index contributed by atoms with van der Waals surface area (Å²) < 4.78 is 0. The van der Waals surface area contributed by atoms with Crippen molar-refractivity contribution in [3.63, 3.8) is 0 Å². The normalized spacial score (nSPS) is 15.7. The number of rotatable bonds is 3. The van der Waals surface area contributed by atoms with Crippen LogP contribution in [0.4, 0.5) is 0 Å². The average Bonchev–Trinajstić information content (AvgIpc) is 1.85. The lowest BCUT2D eigenvalue weighted by molar-refractivity contribution is 1.26. The Hall–Kier alpha value is -0.560. The van der Waals surface area contributed by atoms with Gasteiger partial charge in [-0.15, -0.1) is 11.6 Å². The third-order valence-corrected chi connectivity index (χ3v) is 0.955. The zero-order valence-electron chi connectivity index (χ0n) is 6.34. The molecule has 0 aromatic carbocycles. The summed E-state index contributed by atoms with van der Waals surface area (Å²) in [7, 11) is 0. The third-order valence-electron chi connectivity index (χ3n) is 0.843. The smallest absolute Gasteiger partial charge is 0.0660 e. The van der Waals surface area contributed by atoms with E-state index in [0.717, 1.165) is 5.70 Å². The van der Waals surface area contributed by atoms with E-state index >= 15 is 0 Å². The zero-order chi connectivity index (χ0) is 7.98. The van der Waals surface area contributed by atoms with Crippen molar-refractivity contribution in [2.24, 2.45) is 4.99 Å². The van der Waals surface area contributed by atoms with Gasteiger partial charge in [0, 0.05) is 11.9 Å². The van der Waals surface area contributed by atoms with Gasteiger partial charge in [0.1, 0.15) is 0 Å². The molecule has 10 heavy (non-hydrogen) atoms. The Morgan fingerprint density at radius 1 is 1.70 bits per heavy atom. The standard InChI is InChI=1S/C8H12ClN/c1-4-5-8(3)10-6-7(2)9/h4-7H,1H2,2-3H3/b8-5-,10-6?. The molecule has 0 bridgehead atoms. The van der Waals surface area contributed by atoms with E-state index in [1.165, 1.54) is 0 Å². The van der Waals surface area contributed by atoms with E-state index in [2.05, 4.69) is 11.6 Å². The monoisotopic (exact) mass is 157 g/mol. The Morgan fingerprint density at radius 2 is 2.30 bits per heavy atom. The van der Waals surface area contributed by atoms with Crippen molar-refractivity contribution in [3.05, 3.63) is 24.4 Å². The molecule has 0 aliphatic carbocycles. The highest BCUT2D eigenvalue weighted by Crippen LogP contribution is 1.95. The molecule has 1 nitrogen and oxygen atoms in total. The Balaban J connectivity index is 3.88. The van der Waals surface area contributed by atoms with Crippen LogP contribution in [0.25, 0.3) is 0 Å². The number of allylic oxidation sites excluding steroid dienone is 3. The van der Waals surface area contributed by atoms with Gasteiger partial charge in [-0.3, -0.25) is 4.99 Å². The maximum absolute atomic E-state index is 5.62. The summed E-state index contributed by atoms with van der Waals surface area (Å²) in [4.78, 5) is 4.05. The summed E-state index contributed by atoms with van der Waals surface area (Å²) in [6.45, 7) is 7.31. The highest BCUT2D eigenvalue weighted by atomic mass is 35.5. The van der Waals surface area contributed by atoms with Gasteiger partial charge in [-0.05, 0) is 19.9 Å². The van der Waals surface area contributed by atoms with E-state index in [-0.39, 0.29) is 5.38 Å². The molecule has 1 atom stereocenters. The van der Waals surface area contributed by atoms with Crippen LogP contribution in [-0.4, -0.2) is 11.6 Å². The second-order valence-electron chi connectivity index (χ2n) is 2.00. The second-order valence-corrected chi connectivity index (χ2v) is 2.69. The molecule has 0 heterocycles. The summed E-state index contributed by atoms with van der Waals surface area (Å²) in [6, 6.07) is 0. The van der Waals surface area contributed by atoms with Gasteiger partial charge in [0.25, 0.3) is 0 Å². The fraction of sp³-hybridized carbons (Fsp3) is 0.375. The summed E-state index contributed by atoms with van der Waals surface area (Å²) in [5.74, 6) is 0. The zero-order valence-corrected chi connectivity index (χ0v) is 7.10. The fourth-order valence-electron chi connectivity index (χ4n) is 0.434. The summed E-state index contributed by atoms with van der Waals surface area (Å²) in [6.07, 6.45) is 5.22. The minimum atomic E-state index is -0.00633. The lowest BCUT2D eigenvalue weighted by Crippen LogP contribution is -1.90. The van der Waals surface area contributed by atoms with Gasteiger partial charge in [-0.25, -0.2) is 0 Å². The highest BCUT2D eigenvalue weighted by Gasteiger charge is 1.86. The molecule has 1 unspecified atom stereocenters. The molecular weight excluding hydrogens is 146 g/mol. The van der Waals surface area contributed by atoms with Gasteiger partial charge in [-0.1, -0.05) is 12.7 Å². The van der Waals surface area contributed by atoms with Gasteiger partial charge in [0.2, 0.25) is 0 Å². The van der Waals surface area contributed by atoms with Crippen LogP contribution in [0.1, 0.15) is 13.8 Å². The van der Waals surface area contributed by atoms with Gasteiger partial charge in [0.15, 0.2) is 0 Å². The molecule has 2 heteroatoms. The topological polar surface area (TPSA) is 12.4 Å². The molecule has 0 N–H and O–H groups in total. The van der Waals surface area contributed by atoms with Crippen LogP contribution >= 0.6 is 11.6 Å². The van der Waals surface area contributed by atoms with Gasteiger partial charge in [0.05, 0.1) is 5.38 Å². The number of hydrogen-bond acceptors (Lipinski definition) is 1.